The van der Waals surface area contributed by atoms with E-state index >= 15 is 0 Å². The van der Waals surface area contributed by atoms with E-state index in [1.165, 1.54) is 6.92 Å². The van der Waals surface area contributed by atoms with Crippen molar-refractivity contribution in [2.75, 3.05) is 5.73 Å². The van der Waals surface area contributed by atoms with Gasteiger partial charge in [0.05, 0.1) is 18.0 Å². The number of hydrogen-bond donors (Lipinski definition) is 1. The standard InChI is InChI=1S/C17H17N5O2/c1-9(2)24-16-14-15(21-17(18)22-16)19-8-13(20-14)12-6-4-11(5-7-12)10(3)23/h4-9H,1-3H3,(H2,18,19,21,22). The minimum absolute atomic E-state index is 0.0163. The summed E-state index contributed by atoms with van der Waals surface area (Å²) in [6, 6.07) is 7.17. The van der Waals surface area contributed by atoms with Crippen LogP contribution in [0.1, 0.15) is 31.1 Å². The van der Waals surface area contributed by atoms with Crippen molar-refractivity contribution in [1.29, 1.82) is 0 Å². The average Bonchev–Trinajstić information content (AvgIpc) is 2.54. The molecule has 2 heterocycles. The molecule has 1 aromatic carbocycles. The predicted molar refractivity (Wildman–Crippen MR) is 90.7 cm³/mol. The number of hydrogen-bond acceptors (Lipinski definition) is 7. The van der Waals surface area contributed by atoms with Gasteiger partial charge in [0.1, 0.15) is 0 Å². The first kappa shape index (κ1) is 15.8. The van der Waals surface area contributed by atoms with Crippen LogP contribution in [-0.4, -0.2) is 31.8 Å². The number of fused-ring (bicyclic) bond motifs is 1. The van der Waals surface area contributed by atoms with Crippen molar-refractivity contribution in [3.05, 3.63) is 36.0 Å². The molecule has 3 rings (SSSR count). The molecule has 0 amide bonds. The van der Waals surface area contributed by atoms with E-state index in [9.17, 15) is 4.79 Å². The van der Waals surface area contributed by atoms with Gasteiger partial charge < -0.3 is 10.5 Å². The third kappa shape index (κ3) is 3.15. The van der Waals surface area contributed by atoms with E-state index in [-0.39, 0.29) is 17.8 Å². The number of rotatable bonds is 4. The zero-order valence-electron chi connectivity index (χ0n) is 13.6. The summed E-state index contributed by atoms with van der Waals surface area (Å²) in [5.41, 5.74) is 8.64. The molecule has 0 atom stereocenters. The lowest BCUT2D eigenvalue weighted by Gasteiger charge is -2.11. The molecule has 0 unspecified atom stereocenters. The normalized spacial score (nSPS) is 11.0. The molecule has 0 radical (unpaired) electrons. The van der Waals surface area contributed by atoms with Gasteiger partial charge in [-0.05, 0) is 20.8 Å². The Bertz CT molecular complexity index is 907. The van der Waals surface area contributed by atoms with Crippen LogP contribution < -0.4 is 10.5 Å². The third-order valence-electron chi connectivity index (χ3n) is 3.33. The Labute approximate surface area is 138 Å². The maximum Gasteiger partial charge on any atom is 0.247 e. The van der Waals surface area contributed by atoms with E-state index in [2.05, 4.69) is 19.9 Å². The van der Waals surface area contributed by atoms with Crippen LogP contribution in [0.15, 0.2) is 30.5 Å². The summed E-state index contributed by atoms with van der Waals surface area (Å²) < 4.78 is 5.67. The van der Waals surface area contributed by atoms with Crippen molar-refractivity contribution in [3.63, 3.8) is 0 Å². The number of nitrogens with zero attached hydrogens (tertiary/aromatic N) is 4. The van der Waals surface area contributed by atoms with Gasteiger partial charge in [-0.15, -0.1) is 0 Å². The highest BCUT2D eigenvalue weighted by Crippen LogP contribution is 2.25. The lowest BCUT2D eigenvalue weighted by Crippen LogP contribution is -2.10. The Morgan fingerprint density at radius 1 is 1.12 bits per heavy atom. The van der Waals surface area contributed by atoms with Gasteiger partial charge in [0, 0.05) is 11.1 Å². The molecule has 0 bridgehead atoms. The average molecular weight is 323 g/mol. The largest absolute Gasteiger partial charge is 0.473 e. The number of carbonyl (C=O) groups excluding carboxylic acids is 1. The SMILES string of the molecule is CC(=O)c1ccc(-c2cnc3nc(N)nc(OC(C)C)c3n2)cc1. The van der Waals surface area contributed by atoms with Crippen molar-refractivity contribution in [3.8, 4) is 17.1 Å². The number of carbonyl (C=O) groups is 1. The van der Waals surface area contributed by atoms with Gasteiger partial charge in [-0.3, -0.25) is 4.79 Å². The van der Waals surface area contributed by atoms with E-state index in [0.717, 1.165) is 5.56 Å². The van der Waals surface area contributed by atoms with Crippen LogP contribution in [0, 0.1) is 0 Å². The number of ketones is 1. The number of nitrogens with two attached hydrogens (primary N) is 1. The Morgan fingerprint density at radius 2 is 1.83 bits per heavy atom. The van der Waals surface area contributed by atoms with Gasteiger partial charge in [0.2, 0.25) is 11.8 Å². The van der Waals surface area contributed by atoms with E-state index in [1.54, 1.807) is 18.3 Å². The molecule has 0 aliphatic heterocycles. The van der Waals surface area contributed by atoms with E-state index in [0.29, 0.717) is 28.3 Å². The second-order valence-corrected chi connectivity index (χ2v) is 5.61. The monoisotopic (exact) mass is 323 g/mol. The summed E-state index contributed by atoms with van der Waals surface area (Å²) in [7, 11) is 0. The van der Waals surface area contributed by atoms with Gasteiger partial charge >= 0.3 is 0 Å². The minimum atomic E-state index is -0.0807. The summed E-state index contributed by atoms with van der Waals surface area (Å²) in [5.74, 6) is 0.413. The first-order valence-corrected chi connectivity index (χ1v) is 7.52. The quantitative estimate of drug-likeness (QED) is 0.736. The highest BCUT2D eigenvalue weighted by atomic mass is 16.5. The maximum atomic E-state index is 11.4. The van der Waals surface area contributed by atoms with Crippen LogP contribution in [0.3, 0.4) is 0 Å². The van der Waals surface area contributed by atoms with Gasteiger partial charge in [-0.25, -0.2) is 9.97 Å². The molecule has 7 nitrogen and oxygen atoms in total. The Balaban J connectivity index is 2.09. The van der Waals surface area contributed by atoms with Crippen molar-refractivity contribution in [1.82, 2.24) is 19.9 Å². The van der Waals surface area contributed by atoms with Crippen LogP contribution >= 0.6 is 0 Å². The zero-order valence-corrected chi connectivity index (χ0v) is 13.6. The summed E-state index contributed by atoms with van der Waals surface area (Å²) in [4.78, 5) is 28.4. The fourth-order valence-corrected chi connectivity index (χ4v) is 2.22. The molecule has 0 aliphatic rings. The van der Waals surface area contributed by atoms with Gasteiger partial charge in [0.15, 0.2) is 16.9 Å². The second-order valence-electron chi connectivity index (χ2n) is 5.61. The molecule has 0 spiro atoms. The Kier molecular flexibility index (Phi) is 4.07. The smallest absolute Gasteiger partial charge is 0.247 e. The summed E-state index contributed by atoms with van der Waals surface area (Å²) in [6.45, 7) is 5.31. The van der Waals surface area contributed by atoms with E-state index in [4.69, 9.17) is 10.5 Å². The molecule has 0 fully saturated rings. The van der Waals surface area contributed by atoms with Crippen LogP contribution in [0.2, 0.25) is 0 Å². The molecular weight excluding hydrogens is 306 g/mol. The van der Waals surface area contributed by atoms with E-state index in [1.807, 2.05) is 26.0 Å². The van der Waals surface area contributed by atoms with Crippen molar-refractivity contribution in [2.45, 2.75) is 26.9 Å². The number of nitrogen functional groups attached to an aromatic ring is 1. The lowest BCUT2D eigenvalue weighted by molar-refractivity contribution is 0.101. The highest BCUT2D eigenvalue weighted by molar-refractivity contribution is 5.94. The fraction of sp³-hybridized carbons (Fsp3) is 0.235. The minimum Gasteiger partial charge on any atom is -0.473 e. The summed E-state index contributed by atoms with van der Waals surface area (Å²) in [5, 5.41) is 0. The van der Waals surface area contributed by atoms with Gasteiger partial charge in [-0.2, -0.15) is 9.97 Å². The first-order valence-electron chi connectivity index (χ1n) is 7.52. The molecule has 7 heteroatoms. The number of aromatic nitrogens is 4. The molecule has 0 aliphatic carbocycles. The van der Waals surface area contributed by atoms with Crippen LogP contribution in [0.25, 0.3) is 22.4 Å². The molecular formula is C17H17N5O2. The van der Waals surface area contributed by atoms with Crippen LogP contribution in [-0.2, 0) is 0 Å². The number of Topliss-reactive ketones (excluding diaryl/α,β-unsaturated/α-hetero) is 1. The van der Waals surface area contributed by atoms with Gasteiger partial charge in [0.25, 0.3) is 0 Å². The number of anilines is 1. The highest BCUT2D eigenvalue weighted by Gasteiger charge is 2.13. The molecule has 0 saturated heterocycles. The first-order chi connectivity index (χ1) is 11.4. The topological polar surface area (TPSA) is 104 Å². The lowest BCUT2D eigenvalue weighted by atomic mass is 10.1. The molecule has 3 aromatic rings. The molecule has 24 heavy (non-hydrogen) atoms. The van der Waals surface area contributed by atoms with Gasteiger partial charge in [-0.1, -0.05) is 24.3 Å². The van der Waals surface area contributed by atoms with Crippen molar-refractivity contribution in [2.24, 2.45) is 0 Å². The second kappa shape index (κ2) is 6.19. The number of ether oxygens (including phenoxy) is 1. The zero-order chi connectivity index (χ0) is 17.3. The molecule has 122 valence electrons. The predicted octanol–water partition coefficient (Wildman–Crippen LogP) is 2.66. The maximum absolute atomic E-state index is 11.4. The molecule has 2 N–H and O–H groups in total. The fourth-order valence-electron chi connectivity index (χ4n) is 2.22. The van der Waals surface area contributed by atoms with E-state index < -0.39 is 0 Å². The van der Waals surface area contributed by atoms with Crippen molar-refractivity contribution < 1.29 is 9.53 Å². The molecule has 0 saturated carbocycles. The Hall–Kier alpha value is -3.09. The summed E-state index contributed by atoms with van der Waals surface area (Å²) in [6.07, 6.45) is 1.53. The van der Waals surface area contributed by atoms with Crippen molar-refractivity contribution >= 4 is 22.9 Å². The van der Waals surface area contributed by atoms with Crippen LogP contribution in [0.5, 0.6) is 5.88 Å². The molecule has 2 aromatic heterocycles. The Morgan fingerprint density at radius 3 is 2.46 bits per heavy atom. The third-order valence-corrected chi connectivity index (χ3v) is 3.33. The summed E-state index contributed by atoms with van der Waals surface area (Å²) >= 11 is 0. The number of benzene rings is 1. The van der Waals surface area contributed by atoms with Crippen LogP contribution in [0.4, 0.5) is 5.95 Å².